The van der Waals surface area contributed by atoms with Gasteiger partial charge in [-0.15, -0.1) is 16.8 Å². The molecule has 0 atom stereocenters. The molecule has 6 nitrogen and oxygen atoms in total. The number of amides is 1. The predicted molar refractivity (Wildman–Crippen MR) is 108 cm³/mol. The monoisotopic (exact) mass is 399 g/mol. The number of rotatable bonds is 8. The van der Waals surface area contributed by atoms with Gasteiger partial charge in [0.15, 0.2) is 10.3 Å². The largest absolute Gasteiger partial charge is 0.323 e. The van der Waals surface area contributed by atoms with Gasteiger partial charge in [0.1, 0.15) is 5.82 Å². The zero-order valence-electron chi connectivity index (χ0n) is 14.5. The van der Waals surface area contributed by atoms with Crippen molar-refractivity contribution in [2.75, 3.05) is 11.1 Å². The van der Waals surface area contributed by atoms with Crippen LogP contribution in [0.5, 0.6) is 0 Å². The fourth-order valence-electron chi connectivity index (χ4n) is 2.44. The fourth-order valence-corrected chi connectivity index (χ4v) is 3.38. The summed E-state index contributed by atoms with van der Waals surface area (Å²) in [7, 11) is 0. The summed E-state index contributed by atoms with van der Waals surface area (Å²) in [5.41, 5.74) is 1.64. The van der Waals surface area contributed by atoms with Gasteiger partial charge in [-0.25, -0.2) is 4.98 Å². The number of allylic oxidation sites excluding steroid dienone is 1. The van der Waals surface area contributed by atoms with Crippen molar-refractivity contribution in [2.45, 2.75) is 18.1 Å². The second-order valence-electron chi connectivity index (χ2n) is 5.64. The summed E-state index contributed by atoms with van der Waals surface area (Å²) in [6, 6.07) is 13.5. The summed E-state index contributed by atoms with van der Waals surface area (Å²) in [6.45, 7) is 4.38. The second-order valence-corrected chi connectivity index (χ2v) is 6.94. The molecule has 2 aromatic heterocycles. The van der Waals surface area contributed by atoms with Gasteiger partial charge in [0, 0.05) is 19.2 Å². The van der Waals surface area contributed by atoms with Crippen LogP contribution in [-0.2, 0) is 17.8 Å². The van der Waals surface area contributed by atoms with E-state index in [9.17, 15) is 4.79 Å². The Kier molecular flexibility index (Phi) is 6.62. The van der Waals surface area contributed by atoms with Crippen LogP contribution in [0.25, 0.3) is 0 Å². The van der Waals surface area contributed by atoms with E-state index in [1.54, 1.807) is 24.4 Å². The van der Waals surface area contributed by atoms with Crippen molar-refractivity contribution in [3.05, 3.63) is 77.9 Å². The number of nitrogens with zero attached hydrogens (tertiary/aromatic N) is 4. The number of pyridine rings is 1. The van der Waals surface area contributed by atoms with Gasteiger partial charge in [-0.1, -0.05) is 59.8 Å². The highest BCUT2D eigenvalue weighted by atomic mass is 35.5. The molecule has 0 saturated heterocycles. The molecular weight excluding hydrogens is 382 g/mol. The molecule has 0 radical (unpaired) electrons. The van der Waals surface area contributed by atoms with E-state index in [0.29, 0.717) is 23.8 Å². The number of thioether (sulfide) groups is 1. The minimum absolute atomic E-state index is 0.186. The lowest BCUT2D eigenvalue weighted by Gasteiger charge is -2.08. The van der Waals surface area contributed by atoms with Crippen LogP contribution < -0.4 is 5.32 Å². The van der Waals surface area contributed by atoms with Gasteiger partial charge in [0.05, 0.1) is 11.4 Å². The number of anilines is 1. The lowest BCUT2D eigenvalue weighted by molar-refractivity contribution is -0.113. The molecule has 1 N–H and O–H groups in total. The van der Waals surface area contributed by atoms with Crippen LogP contribution in [0.3, 0.4) is 0 Å². The summed E-state index contributed by atoms with van der Waals surface area (Å²) in [4.78, 5) is 16.1. The molecule has 1 amide bonds. The Labute approximate surface area is 166 Å². The SMILES string of the molecule is C=CCn1c(Cc2ccccc2)nnc1SCC(=O)Nc1cccnc1Cl. The number of hydrogen-bond donors (Lipinski definition) is 1. The summed E-state index contributed by atoms with van der Waals surface area (Å²) in [6.07, 6.45) is 4.02. The van der Waals surface area contributed by atoms with Crippen molar-refractivity contribution < 1.29 is 4.79 Å². The number of halogens is 1. The van der Waals surface area contributed by atoms with Crippen molar-refractivity contribution >= 4 is 35.0 Å². The molecule has 27 heavy (non-hydrogen) atoms. The topological polar surface area (TPSA) is 72.7 Å². The standard InChI is InChI=1S/C19H18ClN5OS/c1-2-11-25-16(12-14-7-4-3-5-8-14)23-24-19(25)27-13-17(26)22-15-9-6-10-21-18(15)20/h2-10H,1,11-13H2,(H,22,26). The highest BCUT2D eigenvalue weighted by Gasteiger charge is 2.14. The molecular formula is C19H18ClN5OS. The van der Waals surface area contributed by atoms with Gasteiger partial charge in [0.25, 0.3) is 0 Å². The molecule has 0 spiro atoms. The quantitative estimate of drug-likeness (QED) is 0.354. The molecule has 138 valence electrons. The van der Waals surface area contributed by atoms with E-state index in [0.717, 1.165) is 11.4 Å². The van der Waals surface area contributed by atoms with E-state index in [2.05, 4.69) is 27.1 Å². The molecule has 0 aliphatic rings. The lowest BCUT2D eigenvalue weighted by atomic mass is 10.1. The van der Waals surface area contributed by atoms with Gasteiger partial charge in [-0.2, -0.15) is 0 Å². The first kappa shape index (κ1) is 19.1. The van der Waals surface area contributed by atoms with Crippen LogP contribution in [0.4, 0.5) is 5.69 Å². The van der Waals surface area contributed by atoms with E-state index in [1.165, 1.54) is 11.8 Å². The molecule has 1 aromatic carbocycles. The maximum absolute atomic E-state index is 12.2. The highest BCUT2D eigenvalue weighted by Crippen LogP contribution is 2.21. The molecule has 0 fully saturated rings. The average Bonchev–Trinajstić information content (AvgIpc) is 3.05. The molecule has 2 heterocycles. The zero-order valence-corrected chi connectivity index (χ0v) is 16.1. The van der Waals surface area contributed by atoms with Crippen molar-refractivity contribution in [3.63, 3.8) is 0 Å². The van der Waals surface area contributed by atoms with Gasteiger partial charge in [-0.3, -0.25) is 4.79 Å². The van der Waals surface area contributed by atoms with Crippen LogP contribution in [0.15, 0.2) is 66.5 Å². The number of carbonyl (C=O) groups excluding carboxylic acids is 1. The maximum Gasteiger partial charge on any atom is 0.234 e. The molecule has 3 aromatic rings. The number of aromatic nitrogens is 4. The summed E-state index contributed by atoms with van der Waals surface area (Å²) >= 11 is 7.28. The third kappa shape index (κ3) is 5.18. The van der Waals surface area contributed by atoms with E-state index in [4.69, 9.17) is 11.6 Å². The first-order valence-corrected chi connectivity index (χ1v) is 9.64. The first-order valence-electron chi connectivity index (χ1n) is 8.27. The smallest absolute Gasteiger partial charge is 0.234 e. The lowest BCUT2D eigenvalue weighted by Crippen LogP contribution is -2.15. The van der Waals surface area contributed by atoms with Crippen molar-refractivity contribution in [1.82, 2.24) is 19.7 Å². The van der Waals surface area contributed by atoms with E-state index in [-0.39, 0.29) is 16.8 Å². The molecule has 0 bridgehead atoms. The maximum atomic E-state index is 12.2. The van der Waals surface area contributed by atoms with Crippen LogP contribution >= 0.6 is 23.4 Å². The molecule has 0 aliphatic carbocycles. The van der Waals surface area contributed by atoms with Gasteiger partial charge in [-0.05, 0) is 17.7 Å². The Morgan fingerprint density at radius 2 is 2.04 bits per heavy atom. The Bertz CT molecular complexity index is 929. The van der Waals surface area contributed by atoms with E-state index in [1.807, 2.05) is 34.9 Å². The Hall–Kier alpha value is -2.64. The van der Waals surface area contributed by atoms with Crippen molar-refractivity contribution in [1.29, 1.82) is 0 Å². The molecule has 0 aliphatic heterocycles. The number of carbonyl (C=O) groups is 1. The average molecular weight is 400 g/mol. The normalized spacial score (nSPS) is 10.6. The third-order valence-corrected chi connectivity index (χ3v) is 4.94. The minimum Gasteiger partial charge on any atom is -0.323 e. The van der Waals surface area contributed by atoms with Crippen LogP contribution in [0, 0.1) is 0 Å². The Balaban J connectivity index is 1.66. The predicted octanol–water partition coefficient (Wildman–Crippen LogP) is 3.83. The Morgan fingerprint density at radius 1 is 1.22 bits per heavy atom. The summed E-state index contributed by atoms with van der Waals surface area (Å²) in [5, 5.41) is 12.2. The first-order chi connectivity index (χ1) is 13.2. The summed E-state index contributed by atoms with van der Waals surface area (Å²) in [5.74, 6) is 0.832. The molecule has 0 unspecified atom stereocenters. The van der Waals surface area contributed by atoms with Crippen molar-refractivity contribution in [3.8, 4) is 0 Å². The van der Waals surface area contributed by atoms with Crippen LogP contribution in [0.2, 0.25) is 5.15 Å². The highest BCUT2D eigenvalue weighted by molar-refractivity contribution is 7.99. The Morgan fingerprint density at radius 3 is 2.78 bits per heavy atom. The van der Waals surface area contributed by atoms with E-state index < -0.39 is 0 Å². The van der Waals surface area contributed by atoms with Gasteiger partial charge < -0.3 is 9.88 Å². The number of hydrogen-bond acceptors (Lipinski definition) is 5. The fraction of sp³-hybridized carbons (Fsp3) is 0.158. The van der Waals surface area contributed by atoms with Crippen LogP contribution in [-0.4, -0.2) is 31.4 Å². The van der Waals surface area contributed by atoms with Crippen LogP contribution in [0.1, 0.15) is 11.4 Å². The number of nitrogens with one attached hydrogen (secondary N) is 1. The molecule has 8 heteroatoms. The third-order valence-electron chi connectivity index (χ3n) is 3.68. The molecule has 3 rings (SSSR count). The zero-order chi connectivity index (χ0) is 19.1. The van der Waals surface area contributed by atoms with Gasteiger partial charge in [0.2, 0.25) is 5.91 Å². The van der Waals surface area contributed by atoms with Gasteiger partial charge >= 0.3 is 0 Å². The van der Waals surface area contributed by atoms with E-state index >= 15 is 0 Å². The van der Waals surface area contributed by atoms with Crippen molar-refractivity contribution in [2.24, 2.45) is 0 Å². The summed E-state index contributed by atoms with van der Waals surface area (Å²) < 4.78 is 1.97. The molecule has 0 saturated carbocycles. The second kappa shape index (κ2) is 9.34. The minimum atomic E-state index is -0.187. The number of benzene rings is 1.